The number of halogens is 3. The summed E-state index contributed by atoms with van der Waals surface area (Å²) in [6.07, 6.45) is 7.81. The Labute approximate surface area is 194 Å². The average molecular weight is 481 g/mol. The van der Waals surface area contributed by atoms with Crippen molar-refractivity contribution in [1.29, 1.82) is 0 Å². The van der Waals surface area contributed by atoms with Gasteiger partial charge in [-0.2, -0.15) is 21.6 Å². The summed E-state index contributed by atoms with van der Waals surface area (Å²) in [6.45, 7) is 0. The van der Waals surface area contributed by atoms with Gasteiger partial charge in [0, 0.05) is 5.39 Å². The number of rotatable bonds is 4. The number of nitrogens with zero attached hydrogens (tertiary/aromatic N) is 1. The minimum absolute atomic E-state index is 0.185. The van der Waals surface area contributed by atoms with Crippen LogP contribution >= 0.6 is 0 Å². The molecule has 3 aromatic carbocycles. The van der Waals surface area contributed by atoms with Crippen molar-refractivity contribution in [3.8, 4) is 17.0 Å². The number of alkyl halides is 3. The second-order valence-corrected chi connectivity index (χ2v) is 9.40. The van der Waals surface area contributed by atoms with Crippen LogP contribution in [0.15, 0.2) is 85.0 Å². The summed E-state index contributed by atoms with van der Waals surface area (Å²) in [4.78, 5) is 4.82. The predicted octanol–water partition coefficient (Wildman–Crippen LogP) is 7.02. The van der Waals surface area contributed by atoms with E-state index in [2.05, 4.69) is 10.3 Å². The Balaban J connectivity index is 1.84. The molecule has 8 heteroatoms. The molecule has 0 radical (unpaired) electrons. The Morgan fingerprint density at radius 2 is 1.56 bits per heavy atom. The molecule has 0 atom stereocenters. The van der Waals surface area contributed by atoms with Gasteiger partial charge in [0.25, 0.3) is 0 Å². The van der Waals surface area contributed by atoms with Crippen LogP contribution in [0.2, 0.25) is 0 Å². The summed E-state index contributed by atoms with van der Waals surface area (Å²) in [6, 6.07) is 19.0. The third-order valence-electron chi connectivity index (χ3n) is 5.64. The lowest BCUT2D eigenvalue weighted by Gasteiger charge is -2.17. The molecule has 5 rings (SSSR count). The van der Waals surface area contributed by atoms with E-state index < -0.39 is 21.4 Å². The van der Waals surface area contributed by atoms with Gasteiger partial charge in [0.15, 0.2) is 5.75 Å². The van der Waals surface area contributed by atoms with Crippen LogP contribution < -0.4 is 4.18 Å². The summed E-state index contributed by atoms with van der Waals surface area (Å²) >= 11 is 0. The fraction of sp³-hybridized carbons (Fsp3) is 0.115. The van der Waals surface area contributed by atoms with E-state index in [1.807, 2.05) is 30.4 Å². The van der Waals surface area contributed by atoms with Crippen molar-refractivity contribution in [1.82, 2.24) is 4.98 Å². The van der Waals surface area contributed by atoms with Crippen molar-refractivity contribution >= 4 is 37.2 Å². The summed E-state index contributed by atoms with van der Waals surface area (Å²) in [5.74, 6) is -0.431. The molecule has 0 aliphatic heterocycles. The molecule has 1 heterocycles. The molecule has 1 aliphatic rings. The lowest BCUT2D eigenvalue weighted by Crippen LogP contribution is -2.28. The van der Waals surface area contributed by atoms with Gasteiger partial charge in [-0.25, -0.2) is 4.98 Å². The molecule has 4 aromatic rings. The van der Waals surface area contributed by atoms with Gasteiger partial charge in [0.1, 0.15) is 0 Å². The van der Waals surface area contributed by atoms with Gasteiger partial charge >= 0.3 is 15.6 Å². The zero-order valence-corrected chi connectivity index (χ0v) is 18.5. The van der Waals surface area contributed by atoms with E-state index in [0.717, 1.165) is 23.8 Å². The van der Waals surface area contributed by atoms with Gasteiger partial charge in [-0.15, -0.1) is 0 Å². The van der Waals surface area contributed by atoms with Gasteiger partial charge in [0.2, 0.25) is 0 Å². The molecule has 0 bridgehead atoms. The lowest BCUT2D eigenvalue weighted by molar-refractivity contribution is -0.0499. The van der Waals surface area contributed by atoms with Crippen molar-refractivity contribution in [2.45, 2.75) is 18.3 Å². The number of benzene rings is 3. The maximum Gasteiger partial charge on any atom is 0.534 e. The lowest BCUT2D eigenvalue weighted by atomic mass is 9.95. The molecular formula is C26H18F3NO3S. The van der Waals surface area contributed by atoms with E-state index in [9.17, 15) is 21.6 Å². The standard InChI is InChI=1S/C26H18F3NO3S/c27-26(28,29)34(31,32)33-23-15-14-17-8-4-6-12-20(17)24(23)25-21-13-7-5-11-19(21)16-22(30-25)18-9-2-1-3-10-18/h2,4-16H,1,3H2. The van der Waals surface area contributed by atoms with Crippen LogP contribution in [-0.4, -0.2) is 18.9 Å². The molecule has 4 nitrogen and oxygen atoms in total. The van der Waals surface area contributed by atoms with E-state index in [0.29, 0.717) is 27.5 Å². The number of aromatic nitrogens is 1. The van der Waals surface area contributed by atoms with E-state index >= 15 is 0 Å². The van der Waals surface area contributed by atoms with Gasteiger partial charge in [-0.05, 0) is 46.7 Å². The van der Waals surface area contributed by atoms with Crippen molar-refractivity contribution in [3.63, 3.8) is 0 Å². The van der Waals surface area contributed by atoms with Crippen molar-refractivity contribution in [2.24, 2.45) is 0 Å². The van der Waals surface area contributed by atoms with Gasteiger partial charge in [-0.1, -0.05) is 72.8 Å². The van der Waals surface area contributed by atoms with E-state index in [1.54, 1.807) is 36.4 Å². The fourth-order valence-electron chi connectivity index (χ4n) is 4.07. The molecule has 34 heavy (non-hydrogen) atoms. The van der Waals surface area contributed by atoms with Gasteiger partial charge in [0.05, 0.1) is 17.0 Å². The first-order valence-corrected chi connectivity index (χ1v) is 12.0. The molecular weight excluding hydrogens is 463 g/mol. The highest BCUT2D eigenvalue weighted by molar-refractivity contribution is 7.88. The SMILES string of the molecule is O=S(=O)(Oc1ccc2ccccc2c1-c1nc(C2=CCCC=C2)cc2ccccc12)C(F)(F)F. The first kappa shape index (κ1) is 22.2. The van der Waals surface area contributed by atoms with Crippen LogP contribution in [0.1, 0.15) is 18.5 Å². The quantitative estimate of drug-likeness (QED) is 0.232. The normalized spacial score (nSPS) is 14.4. The number of fused-ring (bicyclic) bond motifs is 2. The number of hydrogen-bond donors (Lipinski definition) is 0. The van der Waals surface area contributed by atoms with Crippen molar-refractivity contribution < 1.29 is 25.8 Å². The first-order valence-electron chi connectivity index (χ1n) is 10.5. The Bertz CT molecular complexity index is 1590. The number of allylic oxidation sites excluding steroid dienone is 4. The first-order chi connectivity index (χ1) is 16.2. The Kier molecular flexibility index (Phi) is 5.40. The summed E-state index contributed by atoms with van der Waals surface area (Å²) < 4.78 is 68.1. The highest BCUT2D eigenvalue weighted by Gasteiger charge is 2.49. The van der Waals surface area contributed by atoms with Crippen LogP contribution in [0, 0.1) is 0 Å². The van der Waals surface area contributed by atoms with Crippen LogP contribution in [-0.2, 0) is 10.1 Å². The van der Waals surface area contributed by atoms with Gasteiger partial charge < -0.3 is 4.18 Å². The number of hydrogen-bond acceptors (Lipinski definition) is 4. The Morgan fingerprint density at radius 1 is 0.853 bits per heavy atom. The third kappa shape index (κ3) is 3.94. The summed E-state index contributed by atoms with van der Waals surface area (Å²) in [5.41, 5.74) is -3.50. The zero-order valence-electron chi connectivity index (χ0n) is 17.7. The van der Waals surface area contributed by atoms with Crippen molar-refractivity contribution in [2.75, 3.05) is 0 Å². The van der Waals surface area contributed by atoms with Crippen LogP contribution in [0.25, 0.3) is 38.4 Å². The van der Waals surface area contributed by atoms with E-state index in [1.165, 1.54) is 12.1 Å². The summed E-state index contributed by atoms with van der Waals surface area (Å²) in [5, 5.41) is 2.72. The van der Waals surface area contributed by atoms with Crippen molar-refractivity contribution in [3.05, 3.63) is 90.7 Å². The predicted molar refractivity (Wildman–Crippen MR) is 127 cm³/mol. The third-order valence-corrected chi connectivity index (χ3v) is 6.61. The molecule has 0 amide bonds. The highest BCUT2D eigenvalue weighted by atomic mass is 32.2. The monoisotopic (exact) mass is 481 g/mol. The molecule has 0 fully saturated rings. The zero-order chi connectivity index (χ0) is 23.9. The minimum atomic E-state index is -5.88. The molecule has 0 spiro atoms. The average Bonchev–Trinajstić information content (AvgIpc) is 2.83. The Hall–Kier alpha value is -3.65. The topological polar surface area (TPSA) is 56.3 Å². The van der Waals surface area contributed by atoms with Crippen LogP contribution in [0.3, 0.4) is 0 Å². The molecule has 0 saturated heterocycles. The second-order valence-electron chi connectivity index (χ2n) is 7.86. The largest absolute Gasteiger partial charge is 0.534 e. The van der Waals surface area contributed by atoms with E-state index in [-0.39, 0.29) is 5.56 Å². The maximum atomic E-state index is 13.2. The smallest absolute Gasteiger partial charge is 0.375 e. The number of pyridine rings is 1. The maximum absolute atomic E-state index is 13.2. The molecule has 172 valence electrons. The van der Waals surface area contributed by atoms with E-state index in [4.69, 9.17) is 4.98 Å². The van der Waals surface area contributed by atoms with Gasteiger partial charge in [-0.3, -0.25) is 0 Å². The molecule has 1 aliphatic carbocycles. The summed E-state index contributed by atoms with van der Waals surface area (Å²) in [7, 11) is -5.88. The fourth-order valence-corrected chi connectivity index (χ4v) is 4.54. The van der Waals surface area contributed by atoms with Crippen LogP contribution in [0.5, 0.6) is 5.75 Å². The second kappa shape index (κ2) is 8.29. The minimum Gasteiger partial charge on any atom is -0.375 e. The van der Waals surface area contributed by atoms with Crippen LogP contribution in [0.4, 0.5) is 13.2 Å². The molecule has 0 N–H and O–H groups in total. The molecule has 0 unspecified atom stereocenters. The molecule has 0 saturated carbocycles. The molecule has 1 aromatic heterocycles. The Morgan fingerprint density at radius 3 is 2.26 bits per heavy atom. The highest BCUT2D eigenvalue weighted by Crippen LogP contribution is 2.42.